The minimum absolute atomic E-state index is 0.0341. The average Bonchev–Trinajstić information content (AvgIpc) is 3.17. The predicted octanol–water partition coefficient (Wildman–Crippen LogP) is -1.31. The lowest BCUT2D eigenvalue weighted by molar-refractivity contribution is -0.0509. The van der Waals surface area contributed by atoms with Gasteiger partial charge in [-0.2, -0.15) is 4.98 Å². The Balaban J connectivity index is 2.00. The molecule has 1 fully saturated rings. The van der Waals surface area contributed by atoms with Gasteiger partial charge in [0.05, 0.1) is 12.9 Å². The lowest BCUT2D eigenvalue weighted by Gasteiger charge is -2.16. The smallest absolute Gasteiger partial charge is 0.301 e. The summed E-state index contributed by atoms with van der Waals surface area (Å²) in [5.74, 6) is 0.0341. The second-order valence-corrected chi connectivity index (χ2v) is 6.43. The van der Waals surface area contributed by atoms with Crippen molar-refractivity contribution >= 4 is 17.0 Å². The standard InChI is InChI=1S/C16H23N5O6/c1-2-3-4-5-17-16-19-13(25)9-10(14(26)20-16)21(7-18-9)15-12(24)11(23)8(6-22)27-15/h7-8,11-12,15,22-24H,2-6H2,1H3,(H2,17,19,20,25,26)/t8-,11-,12-,15-/m1/s1. The summed E-state index contributed by atoms with van der Waals surface area (Å²) in [7, 11) is 0. The number of aliphatic hydroxyl groups excluding tert-OH is 3. The van der Waals surface area contributed by atoms with Crippen LogP contribution in [-0.2, 0) is 4.74 Å². The third kappa shape index (κ3) is 3.72. The van der Waals surface area contributed by atoms with E-state index in [1.165, 1.54) is 4.57 Å². The Morgan fingerprint density at radius 1 is 1.30 bits per heavy atom. The molecule has 0 bridgehead atoms. The van der Waals surface area contributed by atoms with E-state index in [0.29, 0.717) is 6.54 Å². The number of nitrogens with one attached hydrogen (secondary N) is 2. The zero-order chi connectivity index (χ0) is 19.6. The Hall–Kier alpha value is -2.34. The van der Waals surface area contributed by atoms with Crippen molar-refractivity contribution in [2.24, 2.45) is 0 Å². The topological polar surface area (TPSA) is 163 Å². The van der Waals surface area contributed by atoms with Gasteiger partial charge in [-0.05, 0) is 6.42 Å². The number of imidazole rings is 1. The van der Waals surface area contributed by atoms with Crippen LogP contribution in [0.4, 0.5) is 5.95 Å². The molecule has 27 heavy (non-hydrogen) atoms. The fourth-order valence-electron chi connectivity index (χ4n) is 3.06. The summed E-state index contributed by atoms with van der Waals surface area (Å²) in [6.45, 7) is 2.10. The van der Waals surface area contributed by atoms with Gasteiger partial charge in [0.1, 0.15) is 23.8 Å². The molecular formula is C16H23N5O6. The number of aromatic nitrogens is 4. The van der Waals surface area contributed by atoms with E-state index in [9.17, 15) is 24.9 Å². The molecule has 11 nitrogen and oxygen atoms in total. The molecule has 0 amide bonds. The Kier molecular flexibility index (Phi) is 5.85. The molecule has 2 aromatic rings. The van der Waals surface area contributed by atoms with E-state index >= 15 is 0 Å². The molecule has 0 radical (unpaired) electrons. The highest BCUT2D eigenvalue weighted by Gasteiger charge is 2.44. The van der Waals surface area contributed by atoms with Crippen LogP contribution in [0.25, 0.3) is 11.0 Å². The van der Waals surface area contributed by atoms with E-state index in [-0.39, 0.29) is 17.0 Å². The van der Waals surface area contributed by atoms with E-state index in [2.05, 4.69) is 27.2 Å². The molecule has 0 spiro atoms. The van der Waals surface area contributed by atoms with Crippen molar-refractivity contribution in [3.05, 3.63) is 27.0 Å². The van der Waals surface area contributed by atoms with Crippen molar-refractivity contribution in [2.45, 2.75) is 50.7 Å². The molecule has 5 N–H and O–H groups in total. The number of unbranched alkanes of at least 4 members (excludes halogenated alkanes) is 2. The van der Waals surface area contributed by atoms with Crippen LogP contribution >= 0.6 is 0 Å². The first-order valence-corrected chi connectivity index (χ1v) is 8.85. The minimum Gasteiger partial charge on any atom is -0.394 e. The third-order valence-electron chi connectivity index (χ3n) is 4.52. The maximum Gasteiger partial charge on any atom is 0.301 e. The molecule has 1 aliphatic heterocycles. The van der Waals surface area contributed by atoms with Crippen molar-refractivity contribution < 1.29 is 20.1 Å². The summed E-state index contributed by atoms with van der Waals surface area (Å²) in [4.78, 5) is 35.3. The van der Waals surface area contributed by atoms with Gasteiger partial charge in [-0.25, -0.2) is 4.98 Å². The van der Waals surface area contributed by atoms with Gasteiger partial charge in [-0.3, -0.25) is 19.1 Å². The maximum atomic E-state index is 12.6. The molecule has 2 aromatic heterocycles. The Morgan fingerprint density at radius 3 is 2.74 bits per heavy atom. The molecule has 4 atom stereocenters. The monoisotopic (exact) mass is 381 g/mol. The highest BCUT2D eigenvalue weighted by atomic mass is 16.6. The molecule has 0 unspecified atom stereocenters. The fourth-order valence-corrected chi connectivity index (χ4v) is 3.06. The van der Waals surface area contributed by atoms with Crippen LogP contribution in [0.1, 0.15) is 32.4 Å². The Bertz CT molecular complexity index is 912. The van der Waals surface area contributed by atoms with E-state index in [1.54, 1.807) is 0 Å². The van der Waals surface area contributed by atoms with E-state index in [1.807, 2.05) is 0 Å². The Labute approximate surface area is 153 Å². The van der Waals surface area contributed by atoms with Gasteiger partial charge in [0.2, 0.25) is 5.95 Å². The SMILES string of the molecule is CCCCCNc1nc(=O)c2ncn([C@@H]3O[C@H](CO)[C@@H](O)[C@H]3O)c2c(=O)[nH]1. The van der Waals surface area contributed by atoms with Crippen LogP contribution in [0.2, 0.25) is 0 Å². The number of aromatic amines is 1. The van der Waals surface area contributed by atoms with Gasteiger partial charge in [0, 0.05) is 6.54 Å². The van der Waals surface area contributed by atoms with Crippen molar-refractivity contribution in [2.75, 3.05) is 18.5 Å². The quantitative estimate of drug-likeness (QED) is 0.367. The molecular weight excluding hydrogens is 358 g/mol. The number of hydrogen-bond donors (Lipinski definition) is 5. The molecule has 148 valence electrons. The molecule has 0 aliphatic carbocycles. The minimum atomic E-state index is -1.40. The van der Waals surface area contributed by atoms with Crippen LogP contribution in [0.3, 0.4) is 0 Å². The summed E-state index contributed by atoms with van der Waals surface area (Å²) in [6.07, 6.45) is -0.875. The number of aliphatic hydroxyl groups is 3. The number of nitrogens with zero attached hydrogens (tertiary/aromatic N) is 3. The van der Waals surface area contributed by atoms with Crippen molar-refractivity contribution in [1.82, 2.24) is 19.5 Å². The van der Waals surface area contributed by atoms with Crippen LogP contribution < -0.4 is 16.4 Å². The summed E-state index contributed by atoms with van der Waals surface area (Å²) in [5.41, 5.74) is -1.68. The highest BCUT2D eigenvalue weighted by Crippen LogP contribution is 2.30. The number of anilines is 1. The van der Waals surface area contributed by atoms with E-state index in [4.69, 9.17) is 4.74 Å². The maximum absolute atomic E-state index is 12.6. The zero-order valence-corrected chi connectivity index (χ0v) is 14.8. The van der Waals surface area contributed by atoms with E-state index in [0.717, 1.165) is 25.6 Å². The van der Waals surface area contributed by atoms with Crippen molar-refractivity contribution in [3.63, 3.8) is 0 Å². The molecule has 11 heteroatoms. The molecule has 0 aromatic carbocycles. The lowest BCUT2D eigenvalue weighted by Crippen LogP contribution is -2.33. The van der Waals surface area contributed by atoms with Crippen LogP contribution in [0, 0.1) is 0 Å². The summed E-state index contributed by atoms with van der Waals surface area (Å²) in [5, 5.41) is 32.2. The number of ether oxygens (including phenoxy) is 1. The van der Waals surface area contributed by atoms with Crippen molar-refractivity contribution in [3.8, 4) is 0 Å². The van der Waals surface area contributed by atoms with Gasteiger partial charge >= 0.3 is 5.56 Å². The van der Waals surface area contributed by atoms with E-state index < -0.39 is 42.3 Å². The summed E-state index contributed by atoms with van der Waals surface area (Å²) >= 11 is 0. The first-order valence-electron chi connectivity index (χ1n) is 8.85. The third-order valence-corrected chi connectivity index (χ3v) is 4.52. The van der Waals surface area contributed by atoms with Crippen molar-refractivity contribution in [1.29, 1.82) is 0 Å². The molecule has 3 rings (SSSR count). The summed E-state index contributed by atoms with van der Waals surface area (Å²) < 4.78 is 6.59. The number of fused-ring (bicyclic) bond motifs is 1. The predicted molar refractivity (Wildman–Crippen MR) is 95.4 cm³/mol. The second-order valence-electron chi connectivity index (χ2n) is 6.43. The fraction of sp³-hybridized carbons (Fsp3) is 0.625. The van der Waals surface area contributed by atoms with Crippen LogP contribution in [0.5, 0.6) is 0 Å². The van der Waals surface area contributed by atoms with Crippen LogP contribution in [-0.4, -0.2) is 66.3 Å². The number of rotatable bonds is 7. The zero-order valence-electron chi connectivity index (χ0n) is 14.8. The first-order chi connectivity index (χ1) is 13.0. The molecule has 1 saturated heterocycles. The van der Waals surface area contributed by atoms with Crippen LogP contribution in [0.15, 0.2) is 15.9 Å². The first kappa shape index (κ1) is 19.4. The number of H-pyrrole nitrogens is 1. The van der Waals surface area contributed by atoms with Gasteiger partial charge in [-0.1, -0.05) is 19.8 Å². The second kappa shape index (κ2) is 8.13. The molecule has 0 saturated carbocycles. The van der Waals surface area contributed by atoms with Gasteiger partial charge < -0.3 is 25.4 Å². The highest BCUT2D eigenvalue weighted by molar-refractivity contribution is 5.73. The van der Waals surface area contributed by atoms with Gasteiger partial charge in [-0.15, -0.1) is 0 Å². The van der Waals surface area contributed by atoms with Gasteiger partial charge in [0.15, 0.2) is 11.7 Å². The van der Waals surface area contributed by atoms with Gasteiger partial charge in [0.25, 0.3) is 5.56 Å². The molecule has 1 aliphatic rings. The largest absolute Gasteiger partial charge is 0.394 e. The summed E-state index contributed by atoms with van der Waals surface area (Å²) in [6, 6.07) is 0. The molecule has 3 heterocycles. The average molecular weight is 381 g/mol. The Morgan fingerprint density at radius 2 is 2.07 bits per heavy atom. The lowest BCUT2D eigenvalue weighted by atomic mass is 10.1. The number of hydrogen-bond acceptors (Lipinski definition) is 9. The normalized spacial score (nSPS) is 25.2.